The maximum Gasteiger partial charge on any atom is 0.253 e. The van der Waals surface area contributed by atoms with Crippen molar-refractivity contribution in [1.29, 1.82) is 0 Å². The highest BCUT2D eigenvalue weighted by Crippen LogP contribution is 2.15. The van der Waals surface area contributed by atoms with E-state index >= 15 is 0 Å². The van der Waals surface area contributed by atoms with Crippen molar-refractivity contribution in [2.24, 2.45) is 0 Å². The summed E-state index contributed by atoms with van der Waals surface area (Å²) in [6.45, 7) is 3.28. The third-order valence-electron chi connectivity index (χ3n) is 6.91. The molecule has 1 heterocycles. The molecule has 0 fully saturated rings. The predicted molar refractivity (Wildman–Crippen MR) is 166 cm³/mol. The molecule has 2 atom stereocenters. The number of carbonyl (C=O) groups excluding carboxylic acids is 2. The minimum Gasteiger partial charge on any atom is -0.497 e. The molecule has 4 rings (SSSR count). The summed E-state index contributed by atoms with van der Waals surface area (Å²) in [4.78, 5) is 32.5. The fourth-order valence-electron chi connectivity index (χ4n) is 4.62. The zero-order valence-corrected chi connectivity index (χ0v) is 25.1. The van der Waals surface area contributed by atoms with Gasteiger partial charge in [0.25, 0.3) is 11.8 Å². The second-order valence-electron chi connectivity index (χ2n) is 10.3. The summed E-state index contributed by atoms with van der Waals surface area (Å²) in [6.07, 6.45) is 0.397. The number of aryl methyl sites for hydroxylation is 1. The number of hydrogen-bond acceptors (Lipinski definition) is 7. The Bertz CT molecular complexity index is 1460. The monoisotopic (exact) mass is 586 g/mol. The zero-order chi connectivity index (χ0) is 29.9. The molecule has 0 aliphatic rings. The van der Waals surface area contributed by atoms with Crippen molar-refractivity contribution in [3.05, 3.63) is 117 Å². The number of methoxy groups -OCH3 is 1. The van der Waals surface area contributed by atoms with E-state index in [1.54, 1.807) is 43.3 Å². The number of aliphatic hydroxyl groups excluding tert-OH is 1. The number of hydrogen-bond donors (Lipinski definition) is 3. The van der Waals surface area contributed by atoms with E-state index in [1.165, 1.54) is 11.3 Å². The van der Waals surface area contributed by atoms with Crippen LogP contribution in [0.25, 0.3) is 0 Å². The summed E-state index contributed by atoms with van der Waals surface area (Å²) in [5.41, 5.74) is 3.83. The molecule has 4 aromatic rings. The number of nitrogens with zero attached hydrogens (tertiary/aromatic N) is 2. The molecular weight excluding hydrogens is 548 g/mol. The van der Waals surface area contributed by atoms with E-state index in [9.17, 15) is 14.7 Å². The molecule has 42 heavy (non-hydrogen) atoms. The van der Waals surface area contributed by atoms with Crippen LogP contribution in [0.2, 0.25) is 0 Å². The van der Waals surface area contributed by atoms with Crippen molar-refractivity contribution in [3.8, 4) is 5.75 Å². The molecule has 2 unspecified atom stereocenters. The second-order valence-corrected chi connectivity index (χ2v) is 11.2. The number of nitrogens with one attached hydrogen (secondary N) is 2. The van der Waals surface area contributed by atoms with Gasteiger partial charge in [-0.2, -0.15) is 0 Å². The number of aliphatic hydroxyl groups is 1. The Balaban J connectivity index is 1.39. The van der Waals surface area contributed by atoms with Crippen molar-refractivity contribution in [3.63, 3.8) is 0 Å². The van der Waals surface area contributed by atoms with Crippen molar-refractivity contribution in [2.45, 2.75) is 38.5 Å². The normalized spacial score (nSPS) is 12.4. The summed E-state index contributed by atoms with van der Waals surface area (Å²) in [5, 5.41) is 20.3. The van der Waals surface area contributed by atoms with Crippen LogP contribution in [0.1, 0.15) is 42.5 Å². The van der Waals surface area contributed by atoms with Crippen LogP contribution in [0.4, 0.5) is 0 Å². The quantitative estimate of drug-likeness (QED) is 0.191. The van der Waals surface area contributed by atoms with E-state index in [2.05, 4.69) is 15.6 Å². The predicted octanol–water partition coefficient (Wildman–Crippen LogP) is 4.27. The van der Waals surface area contributed by atoms with Gasteiger partial charge in [-0.15, -0.1) is 11.3 Å². The SMILES string of the molecule is COc1cccc(CCNCC(O)C(Cc2ccccc2)NC(=O)c2cccc(C(=O)N(C)Cc3nc(C)cs3)c2)c1. The third kappa shape index (κ3) is 8.97. The van der Waals surface area contributed by atoms with Crippen molar-refractivity contribution in [2.75, 3.05) is 27.2 Å². The number of aromatic nitrogens is 1. The van der Waals surface area contributed by atoms with E-state index in [-0.39, 0.29) is 11.8 Å². The van der Waals surface area contributed by atoms with Crippen LogP contribution in [0.5, 0.6) is 5.75 Å². The zero-order valence-electron chi connectivity index (χ0n) is 24.2. The first-order valence-corrected chi connectivity index (χ1v) is 14.8. The van der Waals surface area contributed by atoms with Gasteiger partial charge in [-0.3, -0.25) is 9.59 Å². The van der Waals surface area contributed by atoms with Gasteiger partial charge < -0.3 is 25.4 Å². The molecular formula is C33H38N4O4S. The highest BCUT2D eigenvalue weighted by molar-refractivity contribution is 7.09. The molecule has 0 aliphatic heterocycles. The Kier molecular flexibility index (Phi) is 11.2. The van der Waals surface area contributed by atoms with Crippen molar-refractivity contribution in [1.82, 2.24) is 20.5 Å². The fourth-order valence-corrected chi connectivity index (χ4v) is 5.44. The maximum atomic E-state index is 13.4. The van der Waals surface area contributed by atoms with E-state index in [1.807, 2.05) is 66.9 Å². The average molecular weight is 587 g/mol. The molecule has 0 bridgehead atoms. The van der Waals surface area contributed by atoms with Crippen LogP contribution in [0, 0.1) is 6.92 Å². The third-order valence-corrected chi connectivity index (χ3v) is 7.87. The van der Waals surface area contributed by atoms with Gasteiger partial charge in [0.05, 0.1) is 25.8 Å². The number of amides is 2. The van der Waals surface area contributed by atoms with Crippen LogP contribution in [0.15, 0.2) is 84.2 Å². The Morgan fingerprint density at radius 3 is 2.48 bits per heavy atom. The highest BCUT2D eigenvalue weighted by atomic mass is 32.1. The molecule has 9 heteroatoms. The first-order valence-electron chi connectivity index (χ1n) is 14.0. The largest absolute Gasteiger partial charge is 0.497 e. The summed E-state index contributed by atoms with van der Waals surface area (Å²) in [7, 11) is 3.37. The molecule has 3 N–H and O–H groups in total. The first-order chi connectivity index (χ1) is 20.3. The van der Waals surface area contributed by atoms with Crippen LogP contribution in [-0.2, 0) is 19.4 Å². The Morgan fingerprint density at radius 2 is 1.74 bits per heavy atom. The van der Waals surface area contributed by atoms with Crippen molar-refractivity contribution >= 4 is 23.2 Å². The molecule has 2 amide bonds. The minimum absolute atomic E-state index is 0.196. The standard InChI is InChI=1S/C33H38N4O4S/c1-23-22-42-31(35-23)21-37(2)33(40)27-13-8-12-26(19-27)32(39)36-29(18-24-9-5-4-6-10-24)30(38)20-34-16-15-25-11-7-14-28(17-25)41-3/h4-14,17,19,22,29-30,34,38H,15-16,18,20-21H2,1-3H3,(H,36,39). The van der Waals surface area contributed by atoms with Crippen LogP contribution < -0.4 is 15.4 Å². The molecule has 0 saturated heterocycles. The van der Waals surface area contributed by atoms with Gasteiger partial charge in [-0.25, -0.2) is 4.98 Å². The van der Waals surface area contributed by atoms with E-state index in [4.69, 9.17) is 4.74 Å². The number of thiazole rings is 1. The van der Waals surface area contributed by atoms with E-state index in [0.717, 1.165) is 34.0 Å². The van der Waals surface area contributed by atoms with Gasteiger partial charge >= 0.3 is 0 Å². The summed E-state index contributed by atoms with van der Waals surface area (Å²) in [5.74, 6) is 0.267. The average Bonchev–Trinajstić information content (AvgIpc) is 3.43. The van der Waals surface area contributed by atoms with Gasteiger partial charge in [0, 0.05) is 35.8 Å². The highest BCUT2D eigenvalue weighted by Gasteiger charge is 2.23. The Hall–Kier alpha value is -4.05. The molecule has 0 radical (unpaired) electrons. The summed E-state index contributed by atoms with van der Waals surface area (Å²) < 4.78 is 5.29. The van der Waals surface area contributed by atoms with Gasteiger partial charge in [-0.05, 0) is 67.8 Å². The molecule has 3 aromatic carbocycles. The van der Waals surface area contributed by atoms with E-state index < -0.39 is 12.1 Å². The van der Waals surface area contributed by atoms with Gasteiger partial charge in [0.2, 0.25) is 0 Å². The maximum absolute atomic E-state index is 13.4. The van der Waals surface area contributed by atoms with Crippen molar-refractivity contribution < 1.29 is 19.4 Å². The molecule has 1 aromatic heterocycles. The molecule has 0 spiro atoms. The van der Waals surface area contributed by atoms with E-state index in [0.29, 0.717) is 37.2 Å². The summed E-state index contributed by atoms with van der Waals surface area (Å²) in [6, 6.07) is 23.8. The number of ether oxygens (including phenoxy) is 1. The van der Waals surface area contributed by atoms with Crippen LogP contribution in [0.3, 0.4) is 0 Å². The van der Waals surface area contributed by atoms with Crippen LogP contribution >= 0.6 is 11.3 Å². The molecule has 220 valence electrons. The summed E-state index contributed by atoms with van der Waals surface area (Å²) >= 11 is 1.51. The van der Waals surface area contributed by atoms with Gasteiger partial charge in [0.1, 0.15) is 10.8 Å². The minimum atomic E-state index is -0.836. The lowest BCUT2D eigenvalue weighted by molar-refractivity contribution is 0.0784. The number of rotatable bonds is 14. The lowest BCUT2D eigenvalue weighted by Crippen LogP contribution is -2.49. The smallest absolute Gasteiger partial charge is 0.253 e. The Morgan fingerprint density at radius 1 is 1.00 bits per heavy atom. The van der Waals surface area contributed by atoms with Crippen LogP contribution in [-0.4, -0.2) is 66.2 Å². The topological polar surface area (TPSA) is 104 Å². The number of benzene rings is 3. The lowest BCUT2D eigenvalue weighted by Gasteiger charge is -2.25. The van der Waals surface area contributed by atoms with Gasteiger partial charge in [0.15, 0.2) is 0 Å². The first kappa shape index (κ1) is 30.9. The molecule has 8 nitrogen and oxygen atoms in total. The Labute approximate surface area is 251 Å². The number of carbonyl (C=O) groups is 2. The second kappa shape index (κ2) is 15.3. The van der Waals surface area contributed by atoms with Gasteiger partial charge in [-0.1, -0.05) is 48.5 Å². The molecule has 0 saturated carbocycles. The molecule has 0 aliphatic carbocycles. The lowest BCUT2D eigenvalue weighted by atomic mass is 10.00. The fraction of sp³-hybridized carbons (Fsp3) is 0.303.